The van der Waals surface area contributed by atoms with E-state index in [4.69, 9.17) is 42.1 Å². The number of aromatic nitrogens is 1. The summed E-state index contributed by atoms with van der Waals surface area (Å²) in [6.45, 7) is 0. The lowest BCUT2D eigenvalue weighted by Crippen LogP contribution is -2.19. The number of hydrazone groups is 1. The number of carbonyl (C=O) groups is 2. The molecular weight excluding hydrogens is 753 g/mol. The molecule has 0 saturated carbocycles. The third-order valence-electron chi connectivity index (χ3n) is 6.66. The van der Waals surface area contributed by atoms with E-state index in [1.807, 2.05) is 18.2 Å². The Labute approximate surface area is 284 Å². The van der Waals surface area contributed by atoms with Gasteiger partial charge < -0.3 is 23.9 Å². The molecule has 13 heteroatoms. The van der Waals surface area contributed by atoms with E-state index in [1.165, 1.54) is 39.7 Å². The molecule has 5 rings (SSSR count). The van der Waals surface area contributed by atoms with Crippen LogP contribution in [0, 0.1) is 0 Å². The molecule has 0 aliphatic carbocycles. The van der Waals surface area contributed by atoms with Crippen LogP contribution in [0.25, 0.3) is 22.0 Å². The maximum atomic E-state index is 13.5. The molecule has 0 fully saturated rings. The van der Waals surface area contributed by atoms with Crippen LogP contribution in [0.5, 0.6) is 23.0 Å². The summed E-state index contributed by atoms with van der Waals surface area (Å²) >= 11 is 19.9. The van der Waals surface area contributed by atoms with Crippen molar-refractivity contribution in [1.29, 1.82) is 0 Å². The summed E-state index contributed by atoms with van der Waals surface area (Å²) in [6.07, 6.45) is 1.36. The zero-order valence-electron chi connectivity index (χ0n) is 23.8. The first-order valence-corrected chi connectivity index (χ1v) is 15.4. The lowest BCUT2D eigenvalue weighted by atomic mass is 10.0. The maximum Gasteiger partial charge on any atom is 0.343 e. The highest BCUT2D eigenvalue weighted by Crippen LogP contribution is 2.40. The Morgan fingerprint density at radius 1 is 0.867 bits per heavy atom. The van der Waals surface area contributed by atoms with E-state index in [2.05, 4.69) is 47.4 Å². The average Bonchev–Trinajstić information content (AvgIpc) is 3.42. The highest BCUT2D eigenvalue weighted by Gasteiger charge is 2.23. The number of hydrogen-bond acceptors (Lipinski definition) is 7. The van der Waals surface area contributed by atoms with Crippen molar-refractivity contribution in [1.82, 2.24) is 10.4 Å². The number of nitrogens with zero attached hydrogens (tertiary/aromatic N) is 1. The van der Waals surface area contributed by atoms with Gasteiger partial charge in [-0.2, -0.15) is 5.10 Å². The number of amides is 1. The van der Waals surface area contributed by atoms with Crippen LogP contribution in [0.15, 0.2) is 80.8 Å². The first kappa shape index (κ1) is 32.4. The molecule has 1 amide bonds. The number of aromatic amines is 1. The molecule has 0 spiro atoms. The second kappa shape index (κ2) is 13.9. The Hall–Kier alpha value is -4.03. The maximum absolute atomic E-state index is 13.5. The van der Waals surface area contributed by atoms with Crippen molar-refractivity contribution >= 4 is 84.1 Å². The van der Waals surface area contributed by atoms with Crippen LogP contribution in [-0.4, -0.2) is 44.4 Å². The molecule has 45 heavy (non-hydrogen) atoms. The standard InChI is InChI=1S/C32H23Br2Cl2N3O6/c1-42-24-12-16(13-25(43-2)30(24)44-3)32(41)45-29-17(11-18(33)14-21(29)34)15-37-39-31(40)28-26(19-7-4-5-9-22(19)35)20-8-6-10-23(36)27(20)38-28/h4-15,38H,1-3H3,(H,39,40). The molecule has 5 aromatic rings. The molecule has 4 aromatic carbocycles. The largest absolute Gasteiger partial charge is 0.493 e. The number of halogens is 4. The number of para-hydroxylation sites is 1. The van der Waals surface area contributed by atoms with Gasteiger partial charge in [0, 0.05) is 31.6 Å². The van der Waals surface area contributed by atoms with Crippen molar-refractivity contribution in [3.8, 4) is 34.1 Å². The van der Waals surface area contributed by atoms with E-state index in [9.17, 15) is 9.59 Å². The number of methoxy groups -OCH3 is 3. The summed E-state index contributed by atoms with van der Waals surface area (Å²) < 4.78 is 23.0. The van der Waals surface area contributed by atoms with Crippen LogP contribution in [0.4, 0.5) is 0 Å². The Kier molecular flexibility index (Phi) is 10.0. The highest BCUT2D eigenvalue weighted by atomic mass is 79.9. The van der Waals surface area contributed by atoms with Crippen LogP contribution >= 0.6 is 55.1 Å². The first-order chi connectivity index (χ1) is 21.7. The van der Waals surface area contributed by atoms with Gasteiger partial charge in [-0.15, -0.1) is 0 Å². The third-order valence-corrected chi connectivity index (χ3v) is 8.35. The predicted molar refractivity (Wildman–Crippen MR) is 182 cm³/mol. The van der Waals surface area contributed by atoms with Crippen molar-refractivity contribution in [3.63, 3.8) is 0 Å². The van der Waals surface area contributed by atoms with Gasteiger partial charge in [-0.25, -0.2) is 10.2 Å². The summed E-state index contributed by atoms with van der Waals surface area (Å²) in [5.74, 6) is -0.173. The number of ether oxygens (including phenoxy) is 4. The molecule has 1 heterocycles. The molecule has 9 nitrogen and oxygen atoms in total. The van der Waals surface area contributed by atoms with Gasteiger partial charge in [0.15, 0.2) is 17.2 Å². The minimum atomic E-state index is -0.699. The average molecular weight is 776 g/mol. The number of benzene rings is 4. The lowest BCUT2D eigenvalue weighted by molar-refractivity contribution is 0.0732. The van der Waals surface area contributed by atoms with Gasteiger partial charge in [0.05, 0.1) is 48.1 Å². The van der Waals surface area contributed by atoms with Gasteiger partial charge in [0.2, 0.25) is 5.75 Å². The highest BCUT2D eigenvalue weighted by molar-refractivity contribution is 9.11. The van der Waals surface area contributed by atoms with Crippen LogP contribution in [0.2, 0.25) is 10.0 Å². The van der Waals surface area contributed by atoms with Gasteiger partial charge in [0.1, 0.15) is 5.69 Å². The summed E-state index contributed by atoms with van der Waals surface area (Å²) in [4.78, 5) is 29.9. The normalized spacial score (nSPS) is 11.1. The van der Waals surface area contributed by atoms with E-state index < -0.39 is 11.9 Å². The smallest absolute Gasteiger partial charge is 0.343 e. The van der Waals surface area contributed by atoms with Crippen molar-refractivity contribution in [3.05, 3.63) is 103 Å². The topological polar surface area (TPSA) is 111 Å². The van der Waals surface area contributed by atoms with Crippen molar-refractivity contribution in [2.75, 3.05) is 21.3 Å². The van der Waals surface area contributed by atoms with E-state index in [0.717, 1.165) is 5.39 Å². The first-order valence-electron chi connectivity index (χ1n) is 13.1. The molecule has 0 bridgehead atoms. The summed E-state index contributed by atoms with van der Waals surface area (Å²) in [6, 6.07) is 18.9. The van der Waals surface area contributed by atoms with Crippen molar-refractivity contribution in [2.24, 2.45) is 5.10 Å². The summed E-state index contributed by atoms with van der Waals surface area (Å²) in [5, 5.41) is 5.80. The quantitative estimate of drug-likeness (QED) is 0.0671. The zero-order valence-corrected chi connectivity index (χ0v) is 28.5. The molecule has 1 aromatic heterocycles. The fraction of sp³-hybridized carbons (Fsp3) is 0.0938. The number of fused-ring (bicyclic) bond motifs is 1. The Morgan fingerprint density at radius 2 is 1.56 bits per heavy atom. The fourth-order valence-corrected chi connectivity index (χ4v) is 6.44. The van der Waals surface area contributed by atoms with Crippen LogP contribution in [0.1, 0.15) is 26.4 Å². The number of esters is 1. The van der Waals surface area contributed by atoms with Crippen LogP contribution in [0.3, 0.4) is 0 Å². The van der Waals surface area contributed by atoms with E-state index in [1.54, 1.807) is 36.4 Å². The van der Waals surface area contributed by atoms with E-state index in [-0.39, 0.29) is 28.5 Å². The fourth-order valence-electron chi connectivity index (χ4n) is 4.65. The van der Waals surface area contributed by atoms with Gasteiger partial charge in [-0.1, -0.05) is 69.5 Å². The van der Waals surface area contributed by atoms with Crippen LogP contribution < -0.4 is 24.4 Å². The number of H-pyrrole nitrogens is 1. The van der Waals surface area contributed by atoms with Gasteiger partial charge in [-0.05, 0) is 52.3 Å². The van der Waals surface area contributed by atoms with Crippen molar-refractivity contribution in [2.45, 2.75) is 0 Å². The Bertz CT molecular complexity index is 1950. The van der Waals surface area contributed by atoms with E-state index in [0.29, 0.717) is 46.9 Å². The molecule has 0 aliphatic rings. The number of nitrogens with one attached hydrogen (secondary N) is 2. The third kappa shape index (κ3) is 6.67. The molecule has 0 saturated heterocycles. The Morgan fingerprint density at radius 3 is 2.22 bits per heavy atom. The second-order valence-electron chi connectivity index (χ2n) is 9.33. The summed E-state index contributed by atoms with van der Waals surface area (Å²) in [7, 11) is 4.36. The monoisotopic (exact) mass is 773 g/mol. The second-order valence-corrected chi connectivity index (χ2v) is 11.9. The predicted octanol–water partition coefficient (Wildman–Crippen LogP) is 8.68. The molecule has 0 aliphatic heterocycles. The summed E-state index contributed by atoms with van der Waals surface area (Å²) in [5.41, 5.74) is 5.11. The molecule has 0 unspecified atom stereocenters. The Balaban J connectivity index is 1.46. The van der Waals surface area contributed by atoms with Crippen LogP contribution in [-0.2, 0) is 0 Å². The number of rotatable bonds is 9. The van der Waals surface area contributed by atoms with Crippen molar-refractivity contribution < 1.29 is 28.5 Å². The minimum Gasteiger partial charge on any atom is -0.493 e. The molecule has 230 valence electrons. The minimum absolute atomic E-state index is 0.153. The van der Waals surface area contributed by atoms with Gasteiger partial charge in [-0.3, -0.25) is 4.79 Å². The number of hydrogen-bond donors (Lipinski definition) is 2. The molecule has 2 N–H and O–H groups in total. The lowest BCUT2D eigenvalue weighted by Gasteiger charge is -2.15. The molecule has 0 atom stereocenters. The molecular formula is C32H23Br2Cl2N3O6. The van der Waals surface area contributed by atoms with E-state index >= 15 is 0 Å². The van der Waals surface area contributed by atoms with Gasteiger partial charge in [0.25, 0.3) is 5.91 Å². The molecule has 0 radical (unpaired) electrons. The SMILES string of the molecule is COc1cc(C(=O)Oc2c(Br)cc(Br)cc2C=NNC(=O)c2[nH]c3c(Cl)cccc3c2-c2ccccc2Cl)cc(OC)c1OC. The zero-order chi connectivity index (χ0) is 32.2. The number of carbonyl (C=O) groups excluding carboxylic acids is 2. The van der Waals surface area contributed by atoms with Gasteiger partial charge >= 0.3 is 5.97 Å².